The standard InChI is InChI=1S/C15H21NO3S/c1-3-16(4-2)15(17)11-20-12-6-7-13-14(10-12)19-9-5-8-18-13/h6-7,10H,3-5,8-9,11H2,1-2H3. The molecule has 2 rings (SSSR count). The van der Waals surface area contributed by atoms with Gasteiger partial charge in [0.05, 0.1) is 19.0 Å². The minimum absolute atomic E-state index is 0.173. The fourth-order valence-electron chi connectivity index (χ4n) is 2.05. The van der Waals surface area contributed by atoms with Gasteiger partial charge in [-0.15, -0.1) is 11.8 Å². The largest absolute Gasteiger partial charge is 0.490 e. The molecule has 0 atom stereocenters. The number of ether oxygens (including phenoxy) is 2. The highest BCUT2D eigenvalue weighted by atomic mass is 32.2. The lowest BCUT2D eigenvalue weighted by Crippen LogP contribution is -2.31. The number of hydrogen-bond donors (Lipinski definition) is 0. The zero-order chi connectivity index (χ0) is 14.4. The molecule has 1 aromatic rings. The Labute approximate surface area is 124 Å². The Morgan fingerprint density at radius 1 is 1.20 bits per heavy atom. The van der Waals surface area contributed by atoms with E-state index in [1.165, 1.54) is 0 Å². The van der Waals surface area contributed by atoms with E-state index in [0.717, 1.165) is 35.9 Å². The fraction of sp³-hybridized carbons (Fsp3) is 0.533. The predicted octanol–water partition coefficient (Wildman–Crippen LogP) is 2.81. The van der Waals surface area contributed by atoms with E-state index in [0.29, 0.717) is 19.0 Å². The van der Waals surface area contributed by atoms with Crippen LogP contribution in [0.3, 0.4) is 0 Å². The van der Waals surface area contributed by atoms with Gasteiger partial charge in [-0.25, -0.2) is 0 Å². The summed E-state index contributed by atoms with van der Waals surface area (Å²) >= 11 is 1.54. The zero-order valence-electron chi connectivity index (χ0n) is 12.1. The first kappa shape index (κ1) is 15.0. The molecule has 1 amide bonds. The van der Waals surface area contributed by atoms with Gasteiger partial charge in [0, 0.05) is 24.4 Å². The lowest BCUT2D eigenvalue weighted by Gasteiger charge is -2.18. The van der Waals surface area contributed by atoms with Crippen LogP contribution in [0.15, 0.2) is 23.1 Å². The van der Waals surface area contributed by atoms with Crippen LogP contribution in [0.2, 0.25) is 0 Å². The number of benzene rings is 1. The SMILES string of the molecule is CCN(CC)C(=O)CSc1ccc2c(c1)OCCCO2. The Balaban J connectivity index is 1.96. The Morgan fingerprint density at radius 2 is 1.90 bits per heavy atom. The molecular weight excluding hydrogens is 274 g/mol. The second kappa shape index (κ2) is 7.43. The number of amides is 1. The molecule has 0 saturated heterocycles. The average Bonchev–Trinajstić information content (AvgIpc) is 2.71. The second-order valence-corrected chi connectivity index (χ2v) is 5.56. The summed E-state index contributed by atoms with van der Waals surface area (Å²) in [5.74, 6) is 2.21. The molecule has 5 heteroatoms. The normalized spacial score (nSPS) is 13.7. The second-order valence-electron chi connectivity index (χ2n) is 4.51. The van der Waals surface area contributed by atoms with E-state index in [4.69, 9.17) is 9.47 Å². The van der Waals surface area contributed by atoms with Gasteiger partial charge in [-0.2, -0.15) is 0 Å². The van der Waals surface area contributed by atoms with Crippen molar-refractivity contribution < 1.29 is 14.3 Å². The van der Waals surface area contributed by atoms with Crippen molar-refractivity contribution in [3.8, 4) is 11.5 Å². The van der Waals surface area contributed by atoms with Gasteiger partial charge in [0.2, 0.25) is 5.91 Å². The number of carbonyl (C=O) groups is 1. The van der Waals surface area contributed by atoms with Gasteiger partial charge in [-0.1, -0.05) is 0 Å². The molecule has 0 spiro atoms. The molecule has 0 N–H and O–H groups in total. The summed E-state index contributed by atoms with van der Waals surface area (Å²) in [6.07, 6.45) is 0.900. The maximum Gasteiger partial charge on any atom is 0.232 e. The van der Waals surface area contributed by atoms with Crippen LogP contribution in [0.4, 0.5) is 0 Å². The number of carbonyl (C=O) groups excluding carboxylic acids is 1. The van der Waals surface area contributed by atoms with E-state index < -0.39 is 0 Å². The summed E-state index contributed by atoms with van der Waals surface area (Å²) in [5, 5.41) is 0. The van der Waals surface area contributed by atoms with Gasteiger partial charge < -0.3 is 14.4 Å². The van der Waals surface area contributed by atoms with Gasteiger partial charge in [0.15, 0.2) is 11.5 Å². The van der Waals surface area contributed by atoms with Crippen molar-refractivity contribution >= 4 is 17.7 Å². The summed E-state index contributed by atoms with van der Waals surface area (Å²) in [6, 6.07) is 5.86. The number of thioether (sulfide) groups is 1. The van der Waals surface area contributed by atoms with Gasteiger partial charge in [-0.05, 0) is 32.0 Å². The van der Waals surface area contributed by atoms with Gasteiger partial charge in [0.1, 0.15) is 0 Å². The molecule has 1 aromatic carbocycles. The maximum absolute atomic E-state index is 12.0. The third kappa shape index (κ3) is 3.82. The molecule has 1 aliphatic heterocycles. The van der Waals surface area contributed by atoms with Gasteiger partial charge in [0.25, 0.3) is 0 Å². The summed E-state index contributed by atoms with van der Waals surface area (Å²) in [7, 11) is 0. The third-order valence-corrected chi connectivity index (χ3v) is 4.18. The highest BCUT2D eigenvalue weighted by molar-refractivity contribution is 8.00. The molecule has 1 heterocycles. The fourth-order valence-corrected chi connectivity index (χ4v) is 2.87. The van der Waals surface area contributed by atoms with Crippen LogP contribution in [0.25, 0.3) is 0 Å². The van der Waals surface area contributed by atoms with Crippen LogP contribution in [0.5, 0.6) is 11.5 Å². The first-order valence-corrected chi connectivity index (χ1v) is 8.03. The van der Waals surface area contributed by atoms with Crippen LogP contribution in [-0.2, 0) is 4.79 Å². The van der Waals surface area contributed by atoms with Crippen molar-refractivity contribution in [2.75, 3.05) is 32.1 Å². The molecule has 0 unspecified atom stereocenters. The van der Waals surface area contributed by atoms with E-state index in [9.17, 15) is 4.79 Å². The molecule has 1 aliphatic rings. The predicted molar refractivity (Wildman–Crippen MR) is 80.7 cm³/mol. The smallest absolute Gasteiger partial charge is 0.232 e. The number of fused-ring (bicyclic) bond motifs is 1. The van der Waals surface area contributed by atoms with Crippen molar-refractivity contribution in [2.24, 2.45) is 0 Å². The lowest BCUT2D eigenvalue weighted by molar-refractivity contribution is -0.127. The number of rotatable bonds is 5. The Hall–Kier alpha value is -1.36. The minimum atomic E-state index is 0.173. The molecule has 110 valence electrons. The average molecular weight is 295 g/mol. The molecule has 0 fully saturated rings. The first-order chi connectivity index (χ1) is 9.74. The van der Waals surface area contributed by atoms with Crippen molar-refractivity contribution in [3.63, 3.8) is 0 Å². The molecular formula is C15H21NO3S. The topological polar surface area (TPSA) is 38.8 Å². The molecule has 20 heavy (non-hydrogen) atoms. The molecule has 0 aromatic heterocycles. The molecule has 0 saturated carbocycles. The van der Waals surface area contributed by atoms with Crippen molar-refractivity contribution in [1.82, 2.24) is 4.90 Å². The summed E-state index contributed by atoms with van der Waals surface area (Å²) in [6.45, 7) is 6.90. The zero-order valence-corrected chi connectivity index (χ0v) is 12.9. The van der Waals surface area contributed by atoms with Crippen LogP contribution in [0, 0.1) is 0 Å². The molecule has 0 aliphatic carbocycles. The highest BCUT2D eigenvalue weighted by Gasteiger charge is 2.13. The van der Waals surface area contributed by atoms with E-state index in [-0.39, 0.29) is 5.91 Å². The molecule has 4 nitrogen and oxygen atoms in total. The molecule has 0 radical (unpaired) electrons. The Bertz CT molecular complexity index is 460. The Morgan fingerprint density at radius 3 is 2.60 bits per heavy atom. The first-order valence-electron chi connectivity index (χ1n) is 7.04. The monoisotopic (exact) mass is 295 g/mol. The van der Waals surface area contributed by atoms with Crippen LogP contribution in [-0.4, -0.2) is 42.9 Å². The van der Waals surface area contributed by atoms with Crippen LogP contribution < -0.4 is 9.47 Å². The van der Waals surface area contributed by atoms with Crippen molar-refractivity contribution in [3.05, 3.63) is 18.2 Å². The van der Waals surface area contributed by atoms with Crippen LogP contribution in [0.1, 0.15) is 20.3 Å². The van der Waals surface area contributed by atoms with Crippen molar-refractivity contribution in [2.45, 2.75) is 25.2 Å². The third-order valence-electron chi connectivity index (χ3n) is 3.20. The molecule has 0 bridgehead atoms. The van der Waals surface area contributed by atoms with E-state index >= 15 is 0 Å². The number of hydrogen-bond acceptors (Lipinski definition) is 4. The van der Waals surface area contributed by atoms with Crippen LogP contribution >= 0.6 is 11.8 Å². The van der Waals surface area contributed by atoms with Gasteiger partial charge >= 0.3 is 0 Å². The number of nitrogens with zero attached hydrogens (tertiary/aromatic N) is 1. The van der Waals surface area contributed by atoms with Crippen molar-refractivity contribution in [1.29, 1.82) is 0 Å². The van der Waals surface area contributed by atoms with Gasteiger partial charge in [-0.3, -0.25) is 4.79 Å². The van der Waals surface area contributed by atoms with E-state index in [1.54, 1.807) is 11.8 Å². The Kier molecular flexibility index (Phi) is 5.59. The summed E-state index contributed by atoms with van der Waals surface area (Å²) in [4.78, 5) is 14.9. The van der Waals surface area contributed by atoms with E-state index in [2.05, 4.69) is 0 Å². The summed E-state index contributed by atoms with van der Waals surface area (Å²) in [5.41, 5.74) is 0. The van der Waals surface area contributed by atoms with E-state index in [1.807, 2.05) is 36.9 Å². The highest BCUT2D eigenvalue weighted by Crippen LogP contribution is 2.33. The quantitative estimate of drug-likeness (QED) is 0.783. The summed E-state index contributed by atoms with van der Waals surface area (Å²) < 4.78 is 11.2. The minimum Gasteiger partial charge on any atom is -0.490 e. The lowest BCUT2D eigenvalue weighted by atomic mass is 10.3. The maximum atomic E-state index is 12.0.